The number of carbonyl (C=O) groups is 3. The predicted molar refractivity (Wildman–Crippen MR) is 133 cm³/mol. The van der Waals surface area contributed by atoms with Crippen LogP contribution in [0.3, 0.4) is 0 Å². The van der Waals surface area contributed by atoms with E-state index in [1.54, 1.807) is 34.5 Å². The first-order valence-electron chi connectivity index (χ1n) is 11.6. The Kier molecular flexibility index (Phi) is 8.05. The lowest BCUT2D eigenvalue weighted by atomic mass is 10.0. The summed E-state index contributed by atoms with van der Waals surface area (Å²) in [6.07, 6.45) is 1.49. The average molecular weight is 521 g/mol. The van der Waals surface area contributed by atoms with Crippen LogP contribution in [-0.2, 0) is 25.5 Å². The Morgan fingerprint density at radius 3 is 2.46 bits per heavy atom. The van der Waals surface area contributed by atoms with Crippen molar-refractivity contribution in [2.75, 3.05) is 38.2 Å². The minimum absolute atomic E-state index is 0.0134. The largest absolute Gasteiger partial charge is 0.347 e. The number of anilines is 1. The zero-order chi connectivity index (χ0) is 25.0. The molecule has 0 radical (unpaired) electrons. The molecule has 2 aliphatic heterocycles. The van der Waals surface area contributed by atoms with Crippen LogP contribution in [0.4, 0.5) is 5.13 Å². The number of nitrogens with zero attached hydrogens (tertiary/aromatic N) is 3. The second-order valence-electron chi connectivity index (χ2n) is 8.89. The van der Waals surface area contributed by atoms with E-state index in [-0.39, 0.29) is 36.7 Å². The molecule has 1 aromatic heterocycles. The van der Waals surface area contributed by atoms with E-state index < -0.39 is 5.79 Å². The fraction of sp³-hybridized carbons (Fsp3) is 0.500. The number of thiazole rings is 1. The van der Waals surface area contributed by atoms with Crippen molar-refractivity contribution >= 4 is 45.8 Å². The van der Waals surface area contributed by atoms with Crippen molar-refractivity contribution in [3.63, 3.8) is 0 Å². The molecular weight excluding hydrogens is 492 g/mol. The summed E-state index contributed by atoms with van der Waals surface area (Å²) in [6, 6.07) is 6.38. The van der Waals surface area contributed by atoms with E-state index in [0.717, 1.165) is 0 Å². The molecule has 2 saturated heterocycles. The molecule has 11 heteroatoms. The summed E-state index contributed by atoms with van der Waals surface area (Å²) >= 11 is 7.16. The van der Waals surface area contributed by atoms with Crippen molar-refractivity contribution in [2.24, 2.45) is 0 Å². The van der Waals surface area contributed by atoms with Crippen LogP contribution >= 0.6 is 22.9 Å². The molecule has 4 rings (SSSR count). The summed E-state index contributed by atoms with van der Waals surface area (Å²) in [6.45, 7) is 5.95. The highest BCUT2D eigenvalue weighted by atomic mass is 35.5. The van der Waals surface area contributed by atoms with Crippen molar-refractivity contribution in [2.45, 2.75) is 44.9 Å². The topological polar surface area (TPSA) is 101 Å². The molecule has 2 aliphatic rings. The summed E-state index contributed by atoms with van der Waals surface area (Å²) in [7, 11) is 0. The number of nitrogens with one attached hydrogen (secondary N) is 1. The van der Waals surface area contributed by atoms with Gasteiger partial charge in [0.25, 0.3) is 5.91 Å². The molecule has 0 bridgehead atoms. The number of aromatic nitrogens is 1. The molecule has 1 spiro atoms. The molecule has 2 aromatic rings. The average Bonchev–Trinajstić information content (AvgIpc) is 3.47. The zero-order valence-corrected chi connectivity index (χ0v) is 21.4. The number of hydrogen-bond acceptors (Lipinski definition) is 7. The van der Waals surface area contributed by atoms with Gasteiger partial charge in [-0.15, -0.1) is 11.3 Å². The number of ether oxygens (including phenoxy) is 2. The maximum atomic E-state index is 12.9. The van der Waals surface area contributed by atoms with Gasteiger partial charge >= 0.3 is 0 Å². The van der Waals surface area contributed by atoms with Crippen molar-refractivity contribution in [3.8, 4) is 0 Å². The molecule has 1 N–H and O–H groups in total. The molecule has 35 heavy (non-hydrogen) atoms. The van der Waals surface area contributed by atoms with E-state index in [1.807, 2.05) is 13.8 Å². The van der Waals surface area contributed by atoms with E-state index in [4.69, 9.17) is 21.1 Å². The number of carbonyl (C=O) groups excluding carboxylic acids is 3. The van der Waals surface area contributed by atoms with Gasteiger partial charge in [0.15, 0.2) is 10.9 Å². The monoisotopic (exact) mass is 520 g/mol. The number of piperidine rings is 1. The molecule has 1 aromatic carbocycles. The highest BCUT2D eigenvalue weighted by Crippen LogP contribution is 2.31. The Bertz CT molecular complexity index is 1060. The predicted octanol–water partition coefficient (Wildman–Crippen LogP) is 3.19. The normalized spacial score (nSPS) is 17.1. The third-order valence-corrected chi connectivity index (χ3v) is 7.17. The van der Waals surface area contributed by atoms with E-state index in [0.29, 0.717) is 60.6 Å². The van der Waals surface area contributed by atoms with Gasteiger partial charge in [-0.3, -0.25) is 14.4 Å². The third-order valence-electron chi connectivity index (χ3n) is 6.11. The molecule has 0 unspecified atom stereocenters. The molecule has 0 saturated carbocycles. The highest BCUT2D eigenvalue weighted by Gasteiger charge is 2.40. The molecule has 0 aliphatic carbocycles. The van der Waals surface area contributed by atoms with Gasteiger partial charge in [-0.25, -0.2) is 4.98 Å². The van der Waals surface area contributed by atoms with Gasteiger partial charge in [0, 0.05) is 47.9 Å². The number of rotatable bonds is 7. The van der Waals surface area contributed by atoms with E-state index in [9.17, 15) is 14.4 Å². The number of halogens is 1. The third kappa shape index (κ3) is 6.38. The molecule has 0 atom stereocenters. The van der Waals surface area contributed by atoms with Gasteiger partial charge in [-0.05, 0) is 38.1 Å². The molecule has 3 heterocycles. The lowest BCUT2D eigenvalue weighted by molar-refractivity contribution is -0.187. The summed E-state index contributed by atoms with van der Waals surface area (Å²) in [4.78, 5) is 45.9. The minimum Gasteiger partial charge on any atom is -0.347 e. The second-order valence-corrected chi connectivity index (χ2v) is 10.2. The minimum atomic E-state index is -0.520. The van der Waals surface area contributed by atoms with Crippen LogP contribution in [0.1, 0.15) is 42.7 Å². The first kappa shape index (κ1) is 25.6. The first-order chi connectivity index (χ1) is 16.7. The highest BCUT2D eigenvalue weighted by molar-refractivity contribution is 7.13. The Hall–Kier alpha value is -2.53. The summed E-state index contributed by atoms with van der Waals surface area (Å²) in [5, 5.41) is 5.44. The summed E-state index contributed by atoms with van der Waals surface area (Å²) in [5.41, 5.74) is 1.06. The lowest BCUT2D eigenvalue weighted by Crippen LogP contribution is -2.47. The molecule has 188 valence electrons. The Labute approximate surface area is 213 Å². The van der Waals surface area contributed by atoms with Gasteiger partial charge < -0.3 is 24.6 Å². The Balaban J connectivity index is 1.29. The van der Waals surface area contributed by atoms with Crippen molar-refractivity contribution in [1.82, 2.24) is 14.8 Å². The van der Waals surface area contributed by atoms with Gasteiger partial charge in [-0.2, -0.15) is 0 Å². The molecule has 9 nitrogen and oxygen atoms in total. The Morgan fingerprint density at radius 1 is 1.17 bits per heavy atom. The number of benzene rings is 1. The molecule has 2 fully saturated rings. The molecular formula is C24H29ClN4O5S. The fourth-order valence-electron chi connectivity index (χ4n) is 4.16. The fourth-order valence-corrected chi connectivity index (χ4v) is 5.01. The van der Waals surface area contributed by atoms with Crippen LogP contribution in [0, 0.1) is 0 Å². The number of hydrogen-bond donors (Lipinski definition) is 1. The van der Waals surface area contributed by atoms with Crippen molar-refractivity contribution < 1.29 is 23.9 Å². The number of amides is 3. The second kappa shape index (κ2) is 11.0. The van der Waals surface area contributed by atoms with Crippen LogP contribution in [0.5, 0.6) is 0 Å². The smallest absolute Gasteiger partial charge is 0.254 e. The summed E-state index contributed by atoms with van der Waals surface area (Å²) in [5.74, 6) is -1.14. The first-order valence-corrected chi connectivity index (χ1v) is 12.9. The van der Waals surface area contributed by atoms with Crippen LogP contribution in [0.15, 0.2) is 29.6 Å². The standard InChI is InChI=1S/C24H29ClN4O5S/c1-16(2)29(22(32)17-3-5-18(25)6-4-17)14-20(30)27-23-26-19(15-35-23)13-21(31)28-9-7-24(8-10-28)33-11-12-34-24/h3-6,15-16H,7-14H2,1-2H3,(H,26,27,30). The van der Waals surface area contributed by atoms with Crippen molar-refractivity contribution in [1.29, 1.82) is 0 Å². The van der Waals surface area contributed by atoms with Crippen LogP contribution in [0.25, 0.3) is 0 Å². The van der Waals surface area contributed by atoms with Gasteiger partial charge in [0.2, 0.25) is 11.8 Å². The van der Waals surface area contributed by atoms with E-state index in [1.165, 1.54) is 16.2 Å². The van der Waals surface area contributed by atoms with Crippen LogP contribution in [-0.4, -0.2) is 77.2 Å². The SMILES string of the molecule is CC(C)N(CC(=O)Nc1nc(CC(=O)N2CCC3(CC2)OCCO3)cs1)C(=O)c1ccc(Cl)cc1. The van der Waals surface area contributed by atoms with Gasteiger partial charge in [0.05, 0.1) is 25.3 Å². The van der Waals surface area contributed by atoms with Gasteiger partial charge in [0.1, 0.15) is 6.54 Å². The number of likely N-dealkylation sites (tertiary alicyclic amines) is 1. The Morgan fingerprint density at radius 2 is 1.83 bits per heavy atom. The van der Waals surface area contributed by atoms with Crippen LogP contribution in [0.2, 0.25) is 5.02 Å². The van der Waals surface area contributed by atoms with E-state index in [2.05, 4.69) is 10.3 Å². The van der Waals surface area contributed by atoms with E-state index >= 15 is 0 Å². The maximum absolute atomic E-state index is 12.9. The van der Waals surface area contributed by atoms with Crippen molar-refractivity contribution in [3.05, 3.63) is 45.9 Å². The quantitative estimate of drug-likeness (QED) is 0.601. The van der Waals surface area contributed by atoms with Crippen LogP contribution < -0.4 is 5.32 Å². The zero-order valence-electron chi connectivity index (χ0n) is 19.8. The lowest BCUT2D eigenvalue weighted by Gasteiger charge is -2.37. The van der Waals surface area contributed by atoms with Gasteiger partial charge in [-0.1, -0.05) is 11.6 Å². The maximum Gasteiger partial charge on any atom is 0.254 e. The summed E-state index contributed by atoms with van der Waals surface area (Å²) < 4.78 is 11.4. The molecule has 3 amide bonds.